The van der Waals surface area contributed by atoms with Gasteiger partial charge in [-0.3, -0.25) is 4.79 Å². The lowest BCUT2D eigenvalue weighted by atomic mass is 9.91. The number of ether oxygens (including phenoxy) is 1. The van der Waals surface area contributed by atoms with Crippen LogP contribution in [0.3, 0.4) is 0 Å². The van der Waals surface area contributed by atoms with E-state index in [9.17, 15) is 13.2 Å². The molecule has 5 nitrogen and oxygen atoms in total. The Hall–Kier alpha value is -0.620. The van der Waals surface area contributed by atoms with Gasteiger partial charge in [-0.25, -0.2) is 8.42 Å². The van der Waals surface area contributed by atoms with Gasteiger partial charge in [0.2, 0.25) is 0 Å². The lowest BCUT2D eigenvalue weighted by molar-refractivity contribution is -0.137. The SMILES string of the molecule is COCC(C(=O)O)S(=O)(=O)C1CCCC(C)C1. The lowest BCUT2D eigenvalue weighted by Gasteiger charge is -2.28. The average Bonchev–Trinajstić information content (AvgIpc) is 2.25. The number of sulfone groups is 1. The summed E-state index contributed by atoms with van der Waals surface area (Å²) in [6.45, 7) is 1.73. The molecule has 17 heavy (non-hydrogen) atoms. The highest BCUT2D eigenvalue weighted by Crippen LogP contribution is 2.30. The highest BCUT2D eigenvalue weighted by molar-refractivity contribution is 7.93. The number of carbonyl (C=O) groups is 1. The van der Waals surface area contributed by atoms with Crippen molar-refractivity contribution in [1.29, 1.82) is 0 Å². The first-order valence-electron chi connectivity index (χ1n) is 5.84. The van der Waals surface area contributed by atoms with Gasteiger partial charge in [0.25, 0.3) is 0 Å². The molecule has 1 rings (SSSR count). The molecule has 0 amide bonds. The first-order valence-corrected chi connectivity index (χ1v) is 7.45. The molecule has 1 N–H and O–H groups in total. The molecule has 1 saturated carbocycles. The van der Waals surface area contributed by atoms with Crippen LogP contribution in [0, 0.1) is 5.92 Å². The Labute approximate surface area is 102 Å². The van der Waals surface area contributed by atoms with Crippen LogP contribution in [0.25, 0.3) is 0 Å². The van der Waals surface area contributed by atoms with E-state index in [-0.39, 0.29) is 6.61 Å². The summed E-state index contributed by atoms with van der Waals surface area (Å²) in [5.41, 5.74) is 0. The van der Waals surface area contributed by atoms with Crippen LogP contribution in [-0.2, 0) is 19.4 Å². The van der Waals surface area contributed by atoms with Crippen molar-refractivity contribution in [1.82, 2.24) is 0 Å². The predicted molar refractivity (Wildman–Crippen MR) is 63.6 cm³/mol. The average molecular weight is 264 g/mol. The lowest BCUT2D eigenvalue weighted by Crippen LogP contribution is -2.42. The third-order valence-corrected chi connectivity index (χ3v) is 5.83. The molecule has 3 atom stereocenters. The molecule has 100 valence electrons. The number of carboxylic acids is 1. The zero-order chi connectivity index (χ0) is 13.1. The van der Waals surface area contributed by atoms with E-state index in [2.05, 4.69) is 0 Å². The van der Waals surface area contributed by atoms with Gasteiger partial charge in [0.05, 0.1) is 11.9 Å². The summed E-state index contributed by atoms with van der Waals surface area (Å²) in [6, 6.07) is 0. The highest BCUT2D eigenvalue weighted by atomic mass is 32.2. The van der Waals surface area contributed by atoms with Crippen LogP contribution >= 0.6 is 0 Å². The second-order valence-electron chi connectivity index (χ2n) is 4.77. The van der Waals surface area contributed by atoms with E-state index in [0.717, 1.165) is 12.8 Å². The van der Waals surface area contributed by atoms with Crippen molar-refractivity contribution in [2.45, 2.75) is 43.1 Å². The van der Waals surface area contributed by atoms with E-state index < -0.39 is 26.3 Å². The Morgan fingerprint density at radius 3 is 2.59 bits per heavy atom. The quantitative estimate of drug-likeness (QED) is 0.803. The molecule has 6 heteroatoms. The normalized spacial score (nSPS) is 27.6. The van der Waals surface area contributed by atoms with Crippen molar-refractivity contribution in [2.75, 3.05) is 13.7 Å². The molecule has 3 unspecified atom stereocenters. The maximum absolute atomic E-state index is 12.2. The topological polar surface area (TPSA) is 80.7 Å². The number of aliphatic carboxylic acids is 1. The van der Waals surface area contributed by atoms with Crippen LogP contribution in [-0.4, -0.2) is 43.7 Å². The van der Waals surface area contributed by atoms with E-state index in [1.54, 1.807) is 0 Å². The maximum atomic E-state index is 12.2. The maximum Gasteiger partial charge on any atom is 0.324 e. The van der Waals surface area contributed by atoms with E-state index in [1.807, 2.05) is 6.92 Å². The molecule has 1 aliphatic rings. The molecule has 0 aromatic heterocycles. The Morgan fingerprint density at radius 1 is 1.47 bits per heavy atom. The minimum absolute atomic E-state index is 0.275. The summed E-state index contributed by atoms with van der Waals surface area (Å²) in [7, 11) is -2.33. The van der Waals surface area contributed by atoms with Gasteiger partial charge in [-0.2, -0.15) is 0 Å². The van der Waals surface area contributed by atoms with Crippen LogP contribution in [0.15, 0.2) is 0 Å². The molecule has 0 radical (unpaired) electrons. The number of hydrogen-bond donors (Lipinski definition) is 1. The smallest absolute Gasteiger partial charge is 0.324 e. The molecule has 0 heterocycles. The van der Waals surface area contributed by atoms with Crippen LogP contribution in [0.5, 0.6) is 0 Å². The Balaban J connectivity index is 2.87. The minimum atomic E-state index is -3.64. The van der Waals surface area contributed by atoms with Gasteiger partial charge in [-0.1, -0.05) is 19.8 Å². The summed E-state index contributed by atoms with van der Waals surface area (Å²) in [6.07, 6.45) is 3.01. The van der Waals surface area contributed by atoms with Gasteiger partial charge >= 0.3 is 5.97 Å². The monoisotopic (exact) mass is 264 g/mol. The van der Waals surface area contributed by atoms with Gasteiger partial charge in [0, 0.05) is 7.11 Å². The Morgan fingerprint density at radius 2 is 2.12 bits per heavy atom. The van der Waals surface area contributed by atoms with Crippen LogP contribution in [0.2, 0.25) is 0 Å². The molecule has 0 bridgehead atoms. The Kier molecular flexibility index (Phi) is 4.94. The summed E-state index contributed by atoms with van der Waals surface area (Å²) >= 11 is 0. The summed E-state index contributed by atoms with van der Waals surface area (Å²) in [5.74, 6) is -0.967. The zero-order valence-corrected chi connectivity index (χ0v) is 11.1. The molecule has 0 spiro atoms. The third kappa shape index (κ3) is 3.42. The number of hydrogen-bond acceptors (Lipinski definition) is 4. The first kappa shape index (κ1) is 14.4. The van der Waals surface area contributed by atoms with E-state index in [0.29, 0.717) is 18.8 Å². The highest BCUT2D eigenvalue weighted by Gasteiger charge is 2.40. The third-order valence-electron chi connectivity index (χ3n) is 3.34. The molecule has 1 aliphatic carbocycles. The first-order chi connectivity index (χ1) is 7.89. The van der Waals surface area contributed by atoms with Gasteiger partial charge < -0.3 is 9.84 Å². The van der Waals surface area contributed by atoms with Gasteiger partial charge in [-0.05, 0) is 18.8 Å². The second kappa shape index (κ2) is 5.82. The van der Waals surface area contributed by atoms with Crippen molar-refractivity contribution in [2.24, 2.45) is 5.92 Å². The number of carboxylic acid groups (broad SMARTS) is 1. The molecule has 0 aromatic carbocycles. The second-order valence-corrected chi connectivity index (χ2v) is 7.18. The molecular weight excluding hydrogens is 244 g/mol. The molecular formula is C11H20O5S. The van der Waals surface area contributed by atoms with Crippen molar-refractivity contribution in [3.8, 4) is 0 Å². The molecule has 0 aliphatic heterocycles. The minimum Gasteiger partial charge on any atom is -0.480 e. The summed E-state index contributed by atoms with van der Waals surface area (Å²) in [5, 5.41) is 7.02. The van der Waals surface area contributed by atoms with Gasteiger partial charge in [0.15, 0.2) is 15.1 Å². The summed E-state index contributed by atoms with van der Waals surface area (Å²) < 4.78 is 29.1. The fourth-order valence-corrected chi connectivity index (χ4v) is 4.53. The van der Waals surface area contributed by atoms with Gasteiger partial charge in [0.1, 0.15) is 0 Å². The standard InChI is InChI=1S/C11H20O5S/c1-8-4-3-5-9(6-8)17(14,15)10(7-16-2)11(12)13/h8-10H,3-7H2,1-2H3,(H,12,13). The van der Waals surface area contributed by atoms with E-state index >= 15 is 0 Å². The predicted octanol–water partition coefficient (Wildman–Crippen LogP) is 1.08. The van der Waals surface area contributed by atoms with E-state index in [1.165, 1.54) is 7.11 Å². The fraction of sp³-hybridized carbons (Fsp3) is 0.909. The number of methoxy groups -OCH3 is 1. The molecule has 0 saturated heterocycles. The largest absolute Gasteiger partial charge is 0.480 e. The number of rotatable bonds is 5. The van der Waals surface area contributed by atoms with Crippen LogP contribution < -0.4 is 0 Å². The zero-order valence-electron chi connectivity index (χ0n) is 10.3. The molecule has 1 fully saturated rings. The van der Waals surface area contributed by atoms with Crippen molar-refractivity contribution < 1.29 is 23.1 Å². The van der Waals surface area contributed by atoms with Crippen molar-refractivity contribution in [3.63, 3.8) is 0 Å². The Bertz CT molecular complexity index is 362. The van der Waals surface area contributed by atoms with Crippen LogP contribution in [0.4, 0.5) is 0 Å². The van der Waals surface area contributed by atoms with Crippen molar-refractivity contribution >= 4 is 15.8 Å². The summed E-state index contributed by atoms with van der Waals surface area (Å²) in [4.78, 5) is 11.0. The van der Waals surface area contributed by atoms with Crippen molar-refractivity contribution in [3.05, 3.63) is 0 Å². The molecule has 0 aromatic rings. The van der Waals surface area contributed by atoms with E-state index in [4.69, 9.17) is 9.84 Å². The van der Waals surface area contributed by atoms with Gasteiger partial charge in [-0.15, -0.1) is 0 Å². The van der Waals surface area contributed by atoms with Crippen LogP contribution in [0.1, 0.15) is 32.6 Å². The fourth-order valence-electron chi connectivity index (χ4n) is 2.37.